The Morgan fingerprint density at radius 1 is 1.15 bits per heavy atom. The van der Waals surface area contributed by atoms with Gasteiger partial charge in [-0.1, -0.05) is 0 Å². The monoisotopic (exact) mass is 266 g/mol. The van der Waals surface area contributed by atoms with Crippen LogP contribution >= 0.6 is 0 Å². The van der Waals surface area contributed by atoms with Crippen LogP contribution in [0.5, 0.6) is 11.6 Å². The van der Waals surface area contributed by atoms with Crippen molar-refractivity contribution < 1.29 is 4.74 Å². The van der Waals surface area contributed by atoms with Crippen molar-refractivity contribution in [3.63, 3.8) is 0 Å². The number of nitrogens with zero attached hydrogens (tertiary/aromatic N) is 2. The number of hydrogen-bond donors (Lipinski definition) is 2. The van der Waals surface area contributed by atoms with E-state index in [4.69, 9.17) is 4.74 Å². The van der Waals surface area contributed by atoms with Gasteiger partial charge in [-0.15, -0.1) is 0 Å². The van der Waals surface area contributed by atoms with Crippen molar-refractivity contribution in [1.29, 1.82) is 0 Å². The summed E-state index contributed by atoms with van der Waals surface area (Å²) < 4.78 is 6.02. The average Bonchev–Trinajstić information content (AvgIpc) is 3.10. The summed E-state index contributed by atoms with van der Waals surface area (Å²) in [5.41, 5.74) is 4.31. The Morgan fingerprint density at radius 2 is 2.10 bits per heavy atom. The Balaban J connectivity index is 1.78. The molecule has 2 aromatic heterocycles. The van der Waals surface area contributed by atoms with Crippen LogP contribution in [0.1, 0.15) is 16.8 Å². The van der Waals surface area contributed by atoms with E-state index in [9.17, 15) is 0 Å². The van der Waals surface area contributed by atoms with Gasteiger partial charge in [0.1, 0.15) is 12.1 Å². The quantitative estimate of drug-likeness (QED) is 0.748. The largest absolute Gasteiger partial charge is 0.438 e. The summed E-state index contributed by atoms with van der Waals surface area (Å²) >= 11 is 0. The number of H-pyrrole nitrogens is 1. The molecule has 0 fully saturated rings. The van der Waals surface area contributed by atoms with Crippen LogP contribution in [0, 0.1) is 6.92 Å². The van der Waals surface area contributed by atoms with Crippen molar-refractivity contribution in [3.8, 4) is 11.6 Å². The molecule has 0 bridgehead atoms. The standard InChI is InChI=1S/C15H14N4O/c1-9-10-4-5-17-12(10)2-3-14(9)20-15-11-6-16-7-13(11)18-8-19-15/h2-5,8,16-17H,6-7H2,1H3. The second-order valence-electron chi connectivity index (χ2n) is 4.94. The van der Waals surface area contributed by atoms with E-state index in [2.05, 4.69) is 33.3 Å². The number of aromatic nitrogens is 3. The molecule has 0 aliphatic carbocycles. The number of ether oxygens (including phenoxy) is 1. The van der Waals surface area contributed by atoms with E-state index in [0.717, 1.165) is 41.2 Å². The molecule has 2 N–H and O–H groups in total. The minimum Gasteiger partial charge on any atom is -0.438 e. The maximum absolute atomic E-state index is 6.02. The molecular formula is C15H14N4O. The molecule has 5 nitrogen and oxygen atoms in total. The second-order valence-corrected chi connectivity index (χ2v) is 4.94. The molecule has 3 heterocycles. The summed E-state index contributed by atoms with van der Waals surface area (Å²) in [6, 6.07) is 6.06. The molecule has 20 heavy (non-hydrogen) atoms. The number of aromatic amines is 1. The fraction of sp³-hybridized carbons (Fsp3) is 0.200. The van der Waals surface area contributed by atoms with Crippen molar-refractivity contribution in [2.75, 3.05) is 0 Å². The lowest BCUT2D eigenvalue weighted by Crippen LogP contribution is -2.01. The molecule has 0 saturated carbocycles. The lowest BCUT2D eigenvalue weighted by Gasteiger charge is -2.11. The van der Waals surface area contributed by atoms with Crippen molar-refractivity contribution in [3.05, 3.63) is 47.5 Å². The number of hydrogen-bond acceptors (Lipinski definition) is 4. The van der Waals surface area contributed by atoms with E-state index < -0.39 is 0 Å². The number of benzene rings is 1. The van der Waals surface area contributed by atoms with Gasteiger partial charge in [0, 0.05) is 35.8 Å². The van der Waals surface area contributed by atoms with Gasteiger partial charge < -0.3 is 15.0 Å². The van der Waals surface area contributed by atoms with Crippen LogP contribution in [0.2, 0.25) is 0 Å². The van der Waals surface area contributed by atoms with Gasteiger partial charge in [0.2, 0.25) is 5.88 Å². The van der Waals surface area contributed by atoms with Crippen LogP contribution in [0.3, 0.4) is 0 Å². The zero-order valence-corrected chi connectivity index (χ0v) is 11.1. The summed E-state index contributed by atoms with van der Waals surface area (Å²) in [5, 5.41) is 4.44. The van der Waals surface area contributed by atoms with Crippen molar-refractivity contribution in [2.45, 2.75) is 20.0 Å². The molecule has 100 valence electrons. The van der Waals surface area contributed by atoms with Gasteiger partial charge in [-0.25, -0.2) is 9.97 Å². The van der Waals surface area contributed by atoms with Crippen molar-refractivity contribution in [1.82, 2.24) is 20.3 Å². The highest BCUT2D eigenvalue weighted by Crippen LogP contribution is 2.32. The van der Waals surface area contributed by atoms with Crippen LogP contribution in [-0.4, -0.2) is 15.0 Å². The minimum absolute atomic E-state index is 0.651. The molecule has 0 amide bonds. The molecule has 0 radical (unpaired) electrons. The van der Waals surface area contributed by atoms with Gasteiger partial charge in [-0.2, -0.15) is 0 Å². The topological polar surface area (TPSA) is 62.8 Å². The zero-order valence-electron chi connectivity index (χ0n) is 11.1. The molecule has 1 aliphatic rings. The highest BCUT2D eigenvalue weighted by atomic mass is 16.5. The normalized spacial score (nSPS) is 13.7. The number of rotatable bonds is 2. The summed E-state index contributed by atoms with van der Waals surface area (Å²) in [6.45, 7) is 3.60. The zero-order chi connectivity index (χ0) is 13.5. The lowest BCUT2D eigenvalue weighted by atomic mass is 10.1. The van der Waals surface area contributed by atoms with Crippen LogP contribution in [-0.2, 0) is 13.1 Å². The van der Waals surface area contributed by atoms with Crippen molar-refractivity contribution >= 4 is 10.9 Å². The summed E-state index contributed by atoms with van der Waals surface area (Å²) in [4.78, 5) is 11.7. The first kappa shape index (κ1) is 11.4. The van der Waals surface area contributed by atoms with Gasteiger partial charge in [0.25, 0.3) is 0 Å². The molecule has 5 heteroatoms. The summed E-state index contributed by atoms with van der Waals surface area (Å²) in [5.74, 6) is 1.49. The first-order valence-electron chi connectivity index (χ1n) is 6.61. The summed E-state index contributed by atoms with van der Waals surface area (Å²) in [7, 11) is 0. The van der Waals surface area contributed by atoms with E-state index >= 15 is 0 Å². The third-order valence-electron chi connectivity index (χ3n) is 3.75. The fourth-order valence-corrected chi connectivity index (χ4v) is 2.63. The Kier molecular flexibility index (Phi) is 2.47. The number of fused-ring (bicyclic) bond motifs is 2. The minimum atomic E-state index is 0.651. The van der Waals surface area contributed by atoms with E-state index in [1.807, 2.05) is 18.3 Å². The molecule has 0 saturated heterocycles. The number of aryl methyl sites for hydroxylation is 1. The average molecular weight is 266 g/mol. The smallest absolute Gasteiger partial charge is 0.227 e. The molecule has 0 atom stereocenters. The van der Waals surface area contributed by atoms with Crippen LogP contribution in [0.25, 0.3) is 10.9 Å². The second kappa shape index (κ2) is 4.31. The maximum atomic E-state index is 6.02. The van der Waals surface area contributed by atoms with E-state index in [1.165, 1.54) is 5.39 Å². The Hall–Kier alpha value is -2.40. The van der Waals surface area contributed by atoms with E-state index in [1.54, 1.807) is 6.33 Å². The lowest BCUT2D eigenvalue weighted by molar-refractivity contribution is 0.452. The molecule has 4 rings (SSSR count). The molecule has 0 unspecified atom stereocenters. The van der Waals surface area contributed by atoms with Gasteiger partial charge in [0.15, 0.2) is 0 Å². The van der Waals surface area contributed by atoms with Gasteiger partial charge >= 0.3 is 0 Å². The van der Waals surface area contributed by atoms with E-state index in [0.29, 0.717) is 5.88 Å². The highest BCUT2D eigenvalue weighted by molar-refractivity contribution is 5.85. The van der Waals surface area contributed by atoms with Gasteiger partial charge in [-0.3, -0.25) is 0 Å². The van der Waals surface area contributed by atoms with Gasteiger partial charge in [-0.05, 0) is 25.1 Å². The Bertz CT molecular complexity index is 794. The molecule has 1 aromatic carbocycles. The molecular weight excluding hydrogens is 252 g/mol. The Labute approximate surface area is 116 Å². The third kappa shape index (κ3) is 1.67. The number of nitrogens with one attached hydrogen (secondary N) is 2. The van der Waals surface area contributed by atoms with Crippen LogP contribution in [0.15, 0.2) is 30.7 Å². The maximum Gasteiger partial charge on any atom is 0.227 e. The van der Waals surface area contributed by atoms with Crippen molar-refractivity contribution in [2.24, 2.45) is 0 Å². The fourth-order valence-electron chi connectivity index (χ4n) is 2.63. The first-order valence-corrected chi connectivity index (χ1v) is 6.61. The predicted octanol–water partition coefficient (Wildman–Crippen LogP) is 2.66. The van der Waals surface area contributed by atoms with Crippen LogP contribution < -0.4 is 10.1 Å². The molecule has 1 aliphatic heterocycles. The summed E-state index contributed by atoms with van der Waals surface area (Å²) in [6.07, 6.45) is 3.50. The SMILES string of the molecule is Cc1c(Oc2ncnc3c2CNC3)ccc2[nH]ccc12. The molecule has 3 aromatic rings. The van der Waals surface area contributed by atoms with E-state index in [-0.39, 0.29) is 0 Å². The molecule has 0 spiro atoms. The highest BCUT2D eigenvalue weighted by Gasteiger charge is 2.18. The van der Waals surface area contributed by atoms with Gasteiger partial charge in [0.05, 0.1) is 11.3 Å². The van der Waals surface area contributed by atoms with Crippen LogP contribution in [0.4, 0.5) is 0 Å². The Morgan fingerprint density at radius 3 is 3.05 bits per heavy atom. The first-order chi connectivity index (χ1) is 9.83. The predicted molar refractivity (Wildman–Crippen MR) is 75.7 cm³/mol. The third-order valence-corrected chi connectivity index (χ3v) is 3.75.